The molecule has 2 heterocycles. The highest BCUT2D eigenvalue weighted by molar-refractivity contribution is 6.45. The fourth-order valence-corrected chi connectivity index (χ4v) is 10.4. The largest absolute Gasteiger partial charge is 0.474 e. The van der Waals surface area contributed by atoms with Gasteiger partial charge in [0, 0.05) is 70.3 Å². The smallest absolute Gasteiger partial charge is 0.270 e. The SMILES string of the molecule is COCCCCN1C(=O)C(C)(C)Oc2c(Cl)cc(C(=O)N(C(C)C)C3CCCCC3)cc21.COCCCCN1C(=O)C(C)(C)Oc2c1cc(C(=O)N(C(C)C)C1CCCCC1)c(Cl)c2Cl. The number of benzene rings is 2. The van der Waals surface area contributed by atoms with Crippen LogP contribution in [0.1, 0.15) is 166 Å². The Balaban J connectivity index is 0.000000244. The number of methoxy groups -OCH3 is 2. The molecule has 2 fully saturated rings. The maximum absolute atomic E-state index is 13.8. The molecule has 2 aliphatic heterocycles. The number of amides is 4. The highest BCUT2D eigenvalue weighted by Gasteiger charge is 2.45. The van der Waals surface area contributed by atoms with Crippen molar-refractivity contribution in [1.29, 1.82) is 0 Å². The molecule has 4 amide bonds. The fourth-order valence-electron chi connectivity index (χ4n) is 9.65. The normalized spacial score (nSPS) is 18.4. The van der Waals surface area contributed by atoms with E-state index in [0.717, 1.165) is 77.0 Å². The van der Waals surface area contributed by atoms with Crippen LogP contribution in [0, 0.1) is 0 Å². The third-order valence-electron chi connectivity index (χ3n) is 12.9. The van der Waals surface area contributed by atoms with Crippen LogP contribution in [0.5, 0.6) is 11.5 Å². The first-order chi connectivity index (χ1) is 30.8. The Labute approximate surface area is 402 Å². The Morgan fingerprint density at radius 2 is 1.08 bits per heavy atom. The molecule has 6 rings (SSSR count). The molecule has 0 saturated heterocycles. The van der Waals surface area contributed by atoms with Crippen LogP contribution in [0.15, 0.2) is 18.2 Å². The number of rotatable bonds is 16. The first-order valence-electron chi connectivity index (χ1n) is 23.8. The van der Waals surface area contributed by atoms with E-state index in [1.807, 2.05) is 23.6 Å². The van der Waals surface area contributed by atoms with Gasteiger partial charge in [0.25, 0.3) is 23.6 Å². The molecular weight excluding hydrogens is 891 g/mol. The van der Waals surface area contributed by atoms with Crippen LogP contribution in [0.25, 0.3) is 0 Å². The lowest BCUT2D eigenvalue weighted by atomic mass is 9.92. The van der Waals surface area contributed by atoms with Crippen LogP contribution in [0.3, 0.4) is 0 Å². The zero-order chi connectivity index (χ0) is 47.8. The van der Waals surface area contributed by atoms with E-state index in [-0.39, 0.29) is 57.8 Å². The Hall–Kier alpha value is -3.29. The van der Waals surface area contributed by atoms with E-state index in [9.17, 15) is 19.2 Å². The van der Waals surface area contributed by atoms with E-state index in [0.29, 0.717) is 65.3 Å². The summed E-state index contributed by atoms with van der Waals surface area (Å²) >= 11 is 20.0. The van der Waals surface area contributed by atoms with Crippen molar-refractivity contribution in [2.75, 3.05) is 50.3 Å². The molecule has 65 heavy (non-hydrogen) atoms. The lowest BCUT2D eigenvalue weighted by Gasteiger charge is -2.40. The maximum Gasteiger partial charge on any atom is 0.270 e. The van der Waals surface area contributed by atoms with Crippen molar-refractivity contribution in [3.8, 4) is 11.5 Å². The molecule has 2 saturated carbocycles. The van der Waals surface area contributed by atoms with Gasteiger partial charge in [-0.25, -0.2) is 0 Å². The van der Waals surface area contributed by atoms with E-state index in [1.54, 1.807) is 69.9 Å². The van der Waals surface area contributed by atoms with Crippen molar-refractivity contribution in [1.82, 2.24) is 9.80 Å². The summed E-state index contributed by atoms with van der Waals surface area (Å²) in [6.45, 7) is 17.3. The minimum atomic E-state index is -1.08. The zero-order valence-electron chi connectivity index (χ0n) is 40.5. The molecule has 362 valence electrons. The van der Waals surface area contributed by atoms with E-state index >= 15 is 0 Å². The van der Waals surface area contributed by atoms with Gasteiger partial charge in [0.15, 0.2) is 22.7 Å². The average molecular weight is 965 g/mol. The van der Waals surface area contributed by atoms with Crippen LogP contribution in [0.4, 0.5) is 11.4 Å². The van der Waals surface area contributed by atoms with Crippen LogP contribution in [-0.4, -0.2) is 109 Å². The third kappa shape index (κ3) is 12.2. The Morgan fingerprint density at radius 1 is 0.646 bits per heavy atom. The van der Waals surface area contributed by atoms with Crippen molar-refractivity contribution < 1.29 is 38.1 Å². The van der Waals surface area contributed by atoms with Gasteiger partial charge < -0.3 is 38.5 Å². The number of unbranched alkanes of at least 4 members (excludes halogenated alkanes) is 2. The van der Waals surface area contributed by atoms with E-state index in [1.165, 1.54) is 12.8 Å². The number of anilines is 2. The minimum absolute atomic E-state index is 0.0217. The quantitative estimate of drug-likeness (QED) is 0.153. The standard InChI is InChI=1S/C25H36Cl2N2O4.C25H37ClN2O4/c1-16(2)29(17-11-7-6-8-12-17)23(30)18-15-19-22(21(27)20(18)26)33-25(3,4)24(31)28(19)13-9-10-14-32-5;1-17(2)28(19-11-7-6-8-12-19)23(29)18-15-20(26)22-21(16-18)27(13-9-10-14-31-5)24(30)25(3,4)32-22/h15-17H,6-14H2,1-5H3;15-17,19H,6-14H2,1-5H3. The summed E-state index contributed by atoms with van der Waals surface area (Å²) < 4.78 is 22.3. The minimum Gasteiger partial charge on any atom is -0.474 e. The molecule has 0 aromatic heterocycles. The Morgan fingerprint density at radius 3 is 1.52 bits per heavy atom. The van der Waals surface area contributed by atoms with Crippen molar-refractivity contribution in [3.05, 3.63) is 44.4 Å². The lowest BCUT2D eigenvalue weighted by molar-refractivity contribution is -0.133. The first-order valence-corrected chi connectivity index (χ1v) is 24.9. The molecule has 12 nitrogen and oxygen atoms in total. The summed E-state index contributed by atoms with van der Waals surface area (Å²) in [4.78, 5) is 61.2. The van der Waals surface area contributed by atoms with Gasteiger partial charge in [0.1, 0.15) is 5.02 Å². The van der Waals surface area contributed by atoms with Crippen molar-refractivity contribution in [2.24, 2.45) is 0 Å². The number of fused-ring (bicyclic) bond motifs is 2. The predicted molar refractivity (Wildman–Crippen MR) is 261 cm³/mol. The number of carbonyl (C=O) groups is 4. The lowest BCUT2D eigenvalue weighted by Crippen LogP contribution is -2.53. The average Bonchev–Trinajstić information content (AvgIpc) is 3.26. The number of halogens is 3. The number of nitrogens with zero attached hydrogens (tertiary/aromatic N) is 4. The van der Waals surface area contributed by atoms with Gasteiger partial charge in [-0.15, -0.1) is 0 Å². The molecular formula is C50H73Cl3N4O8. The molecule has 2 aromatic carbocycles. The highest BCUT2D eigenvalue weighted by atomic mass is 35.5. The molecule has 0 radical (unpaired) electrons. The maximum atomic E-state index is 13.8. The topological polar surface area (TPSA) is 118 Å². The summed E-state index contributed by atoms with van der Waals surface area (Å²) in [6.07, 6.45) is 14.2. The zero-order valence-corrected chi connectivity index (χ0v) is 42.7. The van der Waals surface area contributed by atoms with E-state index in [4.69, 9.17) is 53.8 Å². The molecule has 0 bridgehead atoms. The molecule has 2 aliphatic carbocycles. The number of ether oxygens (including phenoxy) is 4. The number of hydrogen-bond acceptors (Lipinski definition) is 8. The van der Waals surface area contributed by atoms with Crippen molar-refractivity contribution in [3.63, 3.8) is 0 Å². The number of hydrogen-bond donors (Lipinski definition) is 0. The fraction of sp³-hybridized carbons (Fsp3) is 0.680. The van der Waals surface area contributed by atoms with Gasteiger partial charge >= 0.3 is 0 Å². The second-order valence-electron chi connectivity index (χ2n) is 19.4. The summed E-state index contributed by atoms with van der Waals surface area (Å²) in [5, 5.41) is 0.708. The van der Waals surface area contributed by atoms with Gasteiger partial charge in [-0.1, -0.05) is 73.3 Å². The van der Waals surface area contributed by atoms with Crippen LogP contribution < -0.4 is 19.3 Å². The van der Waals surface area contributed by atoms with Crippen LogP contribution >= 0.6 is 34.8 Å². The summed E-state index contributed by atoms with van der Waals surface area (Å²) in [7, 11) is 3.33. The van der Waals surface area contributed by atoms with Crippen molar-refractivity contribution in [2.45, 2.75) is 181 Å². The summed E-state index contributed by atoms with van der Waals surface area (Å²) in [5.74, 6) is 0.335. The van der Waals surface area contributed by atoms with E-state index in [2.05, 4.69) is 13.8 Å². The van der Waals surface area contributed by atoms with Crippen LogP contribution in [-0.2, 0) is 19.1 Å². The Bertz CT molecular complexity index is 2000. The molecule has 4 aliphatic rings. The number of carbonyl (C=O) groups excluding carboxylic acids is 4. The highest BCUT2D eigenvalue weighted by Crippen LogP contribution is 2.48. The van der Waals surface area contributed by atoms with Crippen LogP contribution in [0.2, 0.25) is 15.1 Å². The molecule has 2 aromatic rings. The second-order valence-corrected chi connectivity index (χ2v) is 20.6. The third-order valence-corrected chi connectivity index (χ3v) is 14.1. The van der Waals surface area contributed by atoms with Gasteiger partial charge in [-0.3, -0.25) is 19.2 Å². The second kappa shape index (κ2) is 23.1. The van der Waals surface area contributed by atoms with Crippen molar-refractivity contribution >= 4 is 69.8 Å². The predicted octanol–water partition coefficient (Wildman–Crippen LogP) is 11.6. The molecule has 15 heteroatoms. The van der Waals surface area contributed by atoms with Gasteiger partial charge in [0.2, 0.25) is 0 Å². The Kier molecular flexibility index (Phi) is 18.8. The first kappa shape index (κ1) is 52.7. The summed E-state index contributed by atoms with van der Waals surface area (Å²) in [5.41, 5.74) is -0.200. The van der Waals surface area contributed by atoms with E-state index < -0.39 is 11.2 Å². The van der Waals surface area contributed by atoms with Gasteiger partial charge in [-0.2, -0.15) is 0 Å². The molecule has 0 atom stereocenters. The van der Waals surface area contributed by atoms with Gasteiger partial charge in [0.05, 0.1) is 27.0 Å². The molecule has 0 unspecified atom stereocenters. The van der Waals surface area contributed by atoms with Gasteiger partial charge in [-0.05, 0) is 125 Å². The molecule has 0 N–H and O–H groups in total. The molecule has 0 spiro atoms. The monoisotopic (exact) mass is 962 g/mol. The summed E-state index contributed by atoms with van der Waals surface area (Å²) in [6, 6.07) is 5.69.